The second kappa shape index (κ2) is 8.34. The number of anilines is 1. The van der Waals surface area contributed by atoms with Gasteiger partial charge in [-0.3, -0.25) is 9.59 Å². The molecule has 136 valence electrons. The summed E-state index contributed by atoms with van der Waals surface area (Å²) >= 11 is 0. The van der Waals surface area contributed by atoms with E-state index in [1.54, 1.807) is 12.1 Å². The highest BCUT2D eigenvalue weighted by molar-refractivity contribution is 5.99. The summed E-state index contributed by atoms with van der Waals surface area (Å²) in [5.41, 5.74) is 0.651. The van der Waals surface area contributed by atoms with E-state index in [1.165, 1.54) is 32.1 Å². The molecule has 0 saturated heterocycles. The fourth-order valence-corrected chi connectivity index (χ4v) is 3.54. The van der Waals surface area contributed by atoms with Gasteiger partial charge in [0.1, 0.15) is 5.75 Å². The normalized spacial score (nSPS) is 20.6. The lowest BCUT2D eigenvalue weighted by molar-refractivity contribution is -0.130. The number of hydrogen-bond donors (Lipinski definition) is 2. The van der Waals surface area contributed by atoms with Crippen molar-refractivity contribution in [3.05, 3.63) is 24.3 Å². The van der Waals surface area contributed by atoms with Gasteiger partial charge in [-0.1, -0.05) is 31.4 Å². The zero-order valence-electron chi connectivity index (χ0n) is 14.8. The molecular weight excluding hydrogens is 318 g/mol. The van der Waals surface area contributed by atoms with Gasteiger partial charge in [-0.05, 0) is 32.0 Å². The molecule has 25 heavy (non-hydrogen) atoms. The fraction of sp³-hybridized carbons (Fsp3) is 0.579. The van der Waals surface area contributed by atoms with Gasteiger partial charge < -0.3 is 20.3 Å². The summed E-state index contributed by atoms with van der Waals surface area (Å²) in [6, 6.07) is 7.88. The number of carbonyl (C=O) groups is 2. The van der Waals surface area contributed by atoms with Gasteiger partial charge >= 0.3 is 0 Å². The first-order valence-corrected chi connectivity index (χ1v) is 9.17. The average Bonchev–Trinajstić information content (AvgIpc) is 2.63. The Kier molecular flexibility index (Phi) is 5.91. The van der Waals surface area contributed by atoms with Crippen molar-refractivity contribution in [3.8, 4) is 5.75 Å². The Morgan fingerprint density at radius 1 is 1.28 bits per heavy atom. The SMILES string of the molecule is CN(CCNC(=O)CC1Oc2ccccc2NC1=O)C1CCCCC1. The summed E-state index contributed by atoms with van der Waals surface area (Å²) in [6.07, 6.45) is 5.71. The van der Waals surface area contributed by atoms with E-state index in [0.29, 0.717) is 24.0 Å². The fourth-order valence-electron chi connectivity index (χ4n) is 3.54. The first kappa shape index (κ1) is 17.7. The summed E-state index contributed by atoms with van der Waals surface area (Å²) in [5.74, 6) is 0.182. The van der Waals surface area contributed by atoms with Crippen molar-refractivity contribution in [1.29, 1.82) is 0 Å². The van der Waals surface area contributed by atoms with Crippen molar-refractivity contribution in [3.63, 3.8) is 0 Å². The third-order valence-corrected chi connectivity index (χ3v) is 5.06. The number of para-hydroxylation sites is 2. The molecule has 2 N–H and O–H groups in total. The van der Waals surface area contributed by atoms with Crippen LogP contribution < -0.4 is 15.4 Å². The molecule has 1 aromatic rings. The number of benzene rings is 1. The highest BCUT2D eigenvalue weighted by atomic mass is 16.5. The van der Waals surface area contributed by atoms with E-state index in [2.05, 4.69) is 22.6 Å². The van der Waals surface area contributed by atoms with E-state index < -0.39 is 6.10 Å². The largest absolute Gasteiger partial charge is 0.478 e. The number of likely N-dealkylation sites (N-methyl/N-ethyl adjacent to an activating group) is 1. The molecule has 3 rings (SSSR count). The van der Waals surface area contributed by atoms with Crippen LogP contribution in [0.4, 0.5) is 5.69 Å². The van der Waals surface area contributed by atoms with Gasteiger partial charge in [0.25, 0.3) is 5.91 Å². The minimum absolute atomic E-state index is 0.0350. The highest BCUT2D eigenvalue weighted by Gasteiger charge is 2.29. The number of amides is 2. The number of ether oxygens (including phenoxy) is 1. The number of rotatable bonds is 6. The highest BCUT2D eigenvalue weighted by Crippen LogP contribution is 2.29. The first-order chi connectivity index (χ1) is 12.1. The molecule has 1 heterocycles. The summed E-state index contributed by atoms with van der Waals surface area (Å²) in [7, 11) is 2.12. The van der Waals surface area contributed by atoms with Crippen molar-refractivity contribution >= 4 is 17.5 Å². The van der Waals surface area contributed by atoms with Gasteiger partial charge in [-0.25, -0.2) is 0 Å². The lowest BCUT2D eigenvalue weighted by Crippen LogP contribution is -2.43. The van der Waals surface area contributed by atoms with Crippen LogP contribution in [0.3, 0.4) is 0 Å². The zero-order chi connectivity index (χ0) is 17.6. The maximum absolute atomic E-state index is 12.1. The predicted octanol–water partition coefficient (Wildman–Crippen LogP) is 2.16. The molecule has 6 nitrogen and oxygen atoms in total. The number of hydrogen-bond acceptors (Lipinski definition) is 4. The molecule has 1 fully saturated rings. The summed E-state index contributed by atoms with van der Waals surface area (Å²) in [5, 5.41) is 5.68. The Hall–Kier alpha value is -2.08. The molecule has 2 amide bonds. The lowest BCUT2D eigenvalue weighted by Gasteiger charge is -2.31. The van der Waals surface area contributed by atoms with Crippen LogP contribution in [0, 0.1) is 0 Å². The number of nitrogens with one attached hydrogen (secondary N) is 2. The van der Waals surface area contributed by atoms with E-state index in [0.717, 1.165) is 6.54 Å². The Labute approximate surface area is 148 Å². The van der Waals surface area contributed by atoms with Crippen molar-refractivity contribution in [1.82, 2.24) is 10.2 Å². The molecule has 6 heteroatoms. The molecule has 0 aromatic heterocycles. The molecular formula is C19H27N3O3. The lowest BCUT2D eigenvalue weighted by atomic mass is 9.94. The molecule has 1 saturated carbocycles. The maximum atomic E-state index is 12.1. The van der Waals surface area contributed by atoms with Crippen LogP contribution in [0.1, 0.15) is 38.5 Å². The first-order valence-electron chi connectivity index (χ1n) is 9.17. The Morgan fingerprint density at radius 3 is 2.84 bits per heavy atom. The van der Waals surface area contributed by atoms with Crippen molar-refractivity contribution in [2.24, 2.45) is 0 Å². The van der Waals surface area contributed by atoms with Gasteiger partial charge in [0.05, 0.1) is 12.1 Å². The second-order valence-electron chi connectivity index (χ2n) is 6.92. The molecule has 0 spiro atoms. The Morgan fingerprint density at radius 2 is 2.04 bits per heavy atom. The average molecular weight is 345 g/mol. The standard InChI is InChI=1S/C19H27N3O3/c1-22(14-7-3-2-4-8-14)12-11-20-18(23)13-17-19(24)21-15-9-5-6-10-16(15)25-17/h5-6,9-10,14,17H,2-4,7-8,11-13H2,1H3,(H,20,23)(H,21,24). The van der Waals surface area contributed by atoms with E-state index in [4.69, 9.17) is 4.74 Å². The van der Waals surface area contributed by atoms with Crippen LogP contribution in [0.2, 0.25) is 0 Å². The van der Waals surface area contributed by atoms with Crippen LogP contribution in [0.15, 0.2) is 24.3 Å². The summed E-state index contributed by atoms with van der Waals surface area (Å²) in [6.45, 7) is 1.42. The van der Waals surface area contributed by atoms with Gasteiger partial charge in [0, 0.05) is 19.1 Å². The molecule has 1 aliphatic heterocycles. The van der Waals surface area contributed by atoms with Gasteiger partial charge in [0.15, 0.2) is 6.10 Å². The third kappa shape index (κ3) is 4.72. The maximum Gasteiger partial charge on any atom is 0.266 e. The second-order valence-corrected chi connectivity index (χ2v) is 6.92. The third-order valence-electron chi connectivity index (χ3n) is 5.06. The number of fused-ring (bicyclic) bond motifs is 1. The van der Waals surface area contributed by atoms with Crippen LogP contribution in [0.5, 0.6) is 5.75 Å². The smallest absolute Gasteiger partial charge is 0.266 e. The number of nitrogens with zero attached hydrogens (tertiary/aromatic N) is 1. The molecule has 1 atom stereocenters. The quantitative estimate of drug-likeness (QED) is 0.829. The molecule has 1 unspecified atom stereocenters. The van der Waals surface area contributed by atoms with E-state index in [9.17, 15) is 9.59 Å². The van der Waals surface area contributed by atoms with Crippen LogP contribution in [-0.4, -0.2) is 49.0 Å². The zero-order valence-corrected chi connectivity index (χ0v) is 14.8. The Bertz CT molecular complexity index is 614. The Balaban J connectivity index is 1.41. The predicted molar refractivity (Wildman–Crippen MR) is 96.6 cm³/mol. The molecule has 1 aromatic carbocycles. The minimum Gasteiger partial charge on any atom is -0.478 e. The van der Waals surface area contributed by atoms with Crippen LogP contribution in [-0.2, 0) is 9.59 Å². The van der Waals surface area contributed by atoms with E-state index in [1.807, 2.05) is 12.1 Å². The van der Waals surface area contributed by atoms with E-state index >= 15 is 0 Å². The van der Waals surface area contributed by atoms with Crippen molar-refractivity contribution in [2.45, 2.75) is 50.7 Å². The van der Waals surface area contributed by atoms with Crippen molar-refractivity contribution < 1.29 is 14.3 Å². The van der Waals surface area contributed by atoms with Crippen molar-refractivity contribution in [2.75, 3.05) is 25.5 Å². The molecule has 1 aliphatic carbocycles. The van der Waals surface area contributed by atoms with Crippen LogP contribution in [0.25, 0.3) is 0 Å². The molecule has 2 aliphatic rings. The minimum atomic E-state index is -0.772. The molecule has 0 bridgehead atoms. The van der Waals surface area contributed by atoms with Crippen LogP contribution >= 0.6 is 0 Å². The van der Waals surface area contributed by atoms with Gasteiger partial charge in [-0.2, -0.15) is 0 Å². The monoisotopic (exact) mass is 345 g/mol. The summed E-state index contributed by atoms with van der Waals surface area (Å²) in [4.78, 5) is 26.5. The van der Waals surface area contributed by atoms with Gasteiger partial charge in [0.2, 0.25) is 5.91 Å². The topological polar surface area (TPSA) is 70.7 Å². The van der Waals surface area contributed by atoms with E-state index in [-0.39, 0.29) is 18.2 Å². The number of carbonyl (C=O) groups excluding carboxylic acids is 2. The molecule has 0 radical (unpaired) electrons. The summed E-state index contributed by atoms with van der Waals surface area (Å²) < 4.78 is 5.65. The van der Waals surface area contributed by atoms with Gasteiger partial charge in [-0.15, -0.1) is 0 Å².